The van der Waals surface area contributed by atoms with Gasteiger partial charge in [-0.2, -0.15) is 0 Å². The highest BCUT2D eigenvalue weighted by molar-refractivity contribution is 7.99. The van der Waals surface area contributed by atoms with Crippen LogP contribution >= 0.6 is 35.0 Å². The Morgan fingerprint density at radius 2 is 1.78 bits per heavy atom. The van der Waals surface area contributed by atoms with Crippen molar-refractivity contribution in [2.24, 2.45) is 0 Å². The third-order valence-electron chi connectivity index (χ3n) is 4.97. The van der Waals surface area contributed by atoms with Gasteiger partial charge in [-0.25, -0.2) is 0 Å². The molecule has 0 spiro atoms. The van der Waals surface area contributed by atoms with Gasteiger partial charge in [0, 0.05) is 17.8 Å². The molecule has 0 aromatic heterocycles. The molecule has 32 heavy (non-hydrogen) atoms. The summed E-state index contributed by atoms with van der Waals surface area (Å²) in [6.45, 7) is 10.1. The number of hydrogen-bond donors (Lipinski definition) is 1. The highest BCUT2D eigenvalue weighted by atomic mass is 35.5. The fourth-order valence-corrected chi connectivity index (χ4v) is 4.62. The summed E-state index contributed by atoms with van der Waals surface area (Å²) in [4.78, 5) is 28.0. The fourth-order valence-electron chi connectivity index (χ4n) is 3.31. The first-order valence-corrected chi connectivity index (χ1v) is 12.6. The lowest BCUT2D eigenvalue weighted by molar-refractivity contribution is -0.140. The molecule has 4 nitrogen and oxygen atoms in total. The zero-order valence-corrected chi connectivity index (χ0v) is 21.7. The molecule has 2 rings (SSSR count). The summed E-state index contributed by atoms with van der Waals surface area (Å²) in [6, 6.07) is 12.9. The maximum Gasteiger partial charge on any atom is 0.243 e. The average Bonchev–Trinajstić information content (AvgIpc) is 2.70. The minimum absolute atomic E-state index is 0.0782. The van der Waals surface area contributed by atoms with Crippen molar-refractivity contribution in [3.63, 3.8) is 0 Å². The second-order valence-electron chi connectivity index (χ2n) is 8.85. The molecule has 1 N–H and O–H groups in total. The van der Waals surface area contributed by atoms with Gasteiger partial charge >= 0.3 is 0 Å². The number of halogens is 2. The van der Waals surface area contributed by atoms with Crippen molar-refractivity contribution < 1.29 is 9.59 Å². The number of carbonyl (C=O) groups excluding carboxylic acids is 2. The summed E-state index contributed by atoms with van der Waals surface area (Å²) in [7, 11) is 0. The molecule has 2 amide bonds. The second-order valence-corrected chi connectivity index (χ2v) is 10.7. The Bertz CT molecular complexity index is 944. The largest absolute Gasteiger partial charge is 0.350 e. The molecule has 0 aliphatic heterocycles. The maximum atomic E-state index is 13.3. The fraction of sp³-hybridized carbons (Fsp3) is 0.440. The maximum absolute atomic E-state index is 13.3. The first-order chi connectivity index (χ1) is 15.0. The van der Waals surface area contributed by atoms with Crippen LogP contribution in [0, 0.1) is 6.92 Å². The van der Waals surface area contributed by atoms with E-state index in [1.54, 1.807) is 28.8 Å². The van der Waals surface area contributed by atoms with Crippen LogP contribution < -0.4 is 5.32 Å². The van der Waals surface area contributed by atoms with Gasteiger partial charge in [-0.05, 0) is 62.9 Å². The Morgan fingerprint density at radius 1 is 1.09 bits per heavy atom. The number of aryl methyl sites for hydroxylation is 1. The zero-order valence-electron chi connectivity index (χ0n) is 19.4. The van der Waals surface area contributed by atoms with Crippen LogP contribution in [0.1, 0.15) is 50.8 Å². The van der Waals surface area contributed by atoms with E-state index in [0.29, 0.717) is 16.5 Å². The molecule has 1 atom stereocenters. The van der Waals surface area contributed by atoms with Gasteiger partial charge in [0.15, 0.2) is 0 Å². The quantitative estimate of drug-likeness (QED) is 0.447. The van der Waals surface area contributed by atoms with Gasteiger partial charge in [0.05, 0.1) is 15.8 Å². The number of nitrogens with zero attached hydrogens (tertiary/aromatic N) is 1. The Labute approximate surface area is 206 Å². The molecule has 0 fully saturated rings. The van der Waals surface area contributed by atoms with E-state index in [-0.39, 0.29) is 29.7 Å². The molecular weight excluding hydrogens is 463 g/mol. The molecule has 0 aliphatic rings. The summed E-state index contributed by atoms with van der Waals surface area (Å²) in [6.07, 6.45) is 0.511. The predicted molar refractivity (Wildman–Crippen MR) is 136 cm³/mol. The van der Waals surface area contributed by atoms with Crippen LogP contribution in [-0.2, 0) is 21.9 Å². The number of hydrogen-bond acceptors (Lipinski definition) is 3. The standard InChI is InChI=1S/C25H32Cl2N2O2S/c1-6-22(24(31)28-25(3,4)5)29(14-18-11-12-20(26)21(27)13-18)23(30)16-32-15-19-10-8-7-9-17(19)2/h7-13,22H,6,14-16H2,1-5H3,(H,28,31). The SMILES string of the molecule is CCC(C(=O)NC(C)(C)C)N(Cc1ccc(Cl)c(Cl)c1)C(=O)CSCc1ccccc1C. The molecule has 2 aromatic rings. The van der Waals surface area contributed by atoms with Gasteiger partial charge in [-0.15, -0.1) is 11.8 Å². The van der Waals surface area contributed by atoms with Crippen LogP contribution in [0.25, 0.3) is 0 Å². The average molecular weight is 496 g/mol. The normalized spacial score (nSPS) is 12.3. The molecule has 1 unspecified atom stereocenters. The first kappa shape index (κ1) is 26.6. The van der Waals surface area contributed by atoms with Crippen molar-refractivity contribution in [2.75, 3.05) is 5.75 Å². The van der Waals surface area contributed by atoms with E-state index in [1.807, 2.05) is 45.9 Å². The van der Waals surface area contributed by atoms with Crippen molar-refractivity contribution in [1.82, 2.24) is 10.2 Å². The van der Waals surface area contributed by atoms with Crippen molar-refractivity contribution >= 4 is 46.8 Å². The molecule has 0 aliphatic carbocycles. The van der Waals surface area contributed by atoms with E-state index in [4.69, 9.17) is 23.2 Å². The number of amides is 2. The van der Waals surface area contributed by atoms with E-state index in [1.165, 1.54) is 11.1 Å². The van der Waals surface area contributed by atoms with Crippen LogP contribution in [0.3, 0.4) is 0 Å². The Kier molecular flexibility index (Phi) is 9.93. The van der Waals surface area contributed by atoms with Gasteiger partial charge in [-0.3, -0.25) is 9.59 Å². The number of nitrogens with one attached hydrogen (secondary N) is 1. The second kappa shape index (κ2) is 12.0. The lowest BCUT2D eigenvalue weighted by Crippen LogP contribution is -2.53. The molecule has 7 heteroatoms. The summed E-state index contributed by atoms with van der Waals surface area (Å²) in [5, 5.41) is 3.90. The van der Waals surface area contributed by atoms with Crippen molar-refractivity contribution in [1.29, 1.82) is 0 Å². The number of benzene rings is 2. The van der Waals surface area contributed by atoms with E-state index in [2.05, 4.69) is 24.4 Å². The molecule has 174 valence electrons. The van der Waals surface area contributed by atoms with Crippen LogP contribution in [0.5, 0.6) is 0 Å². The van der Waals surface area contributed by atoms with E-state index >= 15 is 0 Å². The summed E-state index contributed by atoms with van der Waals surface area (Å²) in [5.74, 6) is 0.793. The van der Waals surface area contributed by atoms with Crippen LogP contribution in [0.2, 0.25) is 10.0 Å². The molecule has 0 heterocycles. The predicted octanol–water partition coefficient (Wildman–Crippen LogP) is 6.26. The van der Waals surface area contributed by atoms with Crippen LogP contribution in [0.4, 0.5) is 0 Å². The van der Waals surface area contributed by atoms with Gasteiger partial charge in [0.2, 0.25) is 11.8 Å². The third kappa shape index (κ3) is 8.02. The minimum atomic E-state index is -0.574. The first-order valence-electron chi connectivity index (χ1n) is 10.7. The van der Waals surface area contributed by atoms with Gasteiger partial charge in [0.1, 0.15) is 6.04 Å². The molecule has 0 bridgehead atoms. The minimum Gasteiger partial charge on any atom is -0.350 e. The van der Waals surface area contributed by atoms with Gasteiger partial charge in [-0.1, -0.05) is 60.5 Å². The van der Waals surface area contributed by atoms with E-state index in [0.717, 1.165) is 11.3 Å². The highest BCUT2D eigenvalue weighted by Gasteiger charge is 2.30. The van der Waals surface area contributed by atoms with E-state index < -0.39 is 6.04 Å². The lowest BCUT2D eigenvalue weighted by atomic mass is 10.1. The van der Waals surface area contributed by atoms with Crippen molar-refractivity contribution in [3.8, 4) is 0 Å². The van der Waals surface area contributed by atoms with Gasteiger partial charge < -0.3 is 10.2 Å². The number of rotatable bonds is 9. The highest BCUT2D eigenvalue weighted by Crippen LogP contribution is 2.25. The van der Waals surface area contributed by atoms with Crippen molar-refractivity contribution in [3.05, 3.63) is 69.2 Å². The monoisotopic (exact) mass is 494 g/mol. The smallest absolute Gasteiger partial charge is 0.243 e. The van der Waals surface area contributed by atoms with Gasteiger partial charge in [0.25, 0.3) is 0 Å². The number of carbonyl (C=O) groups is 2. The third-order valence-corrected chi connectivity index (χ3v) is 6.67. The molecular formula is C25H32Cl2N2O2S. The Hall–Kier alpha value is -1.69. The van der Waals surface area contributed by atoms with Crippen molar-refractivity contribution in [2.45, 2.75) is 64.9 Å². The van der Waals surface area contributed by atoms with E-state index in [9.17, 15) is 9.59 Å². The molecule has 0 saturated heterocycles. The van der Waals surface area contributed by atoms with Crippen LogP contribution in [-0.4, -0.2) is 34.0 Å². The Balaban J connectivity index is 2.20. The number of thioether (sulfide) groups is 1. The zero-order chi connectivity index (χ0) is 23.9. The summed E-state index contributed by atoms with van der Waals surface area (Å²) >= 11 is 13.8. The summed E-state index contributed by atoms with van der Waals surface area (Å²) < 4.78 is 0. The summed E-state index contributed by atoms with van der Waals surface area (Å²) in [5.41, 5.74) is 2.86. The topological polar surface area (TPSA) is 49.4 Å². The molecule has 0 radical (unpaired) electrons. The lowest BCUT2D eigenvalue weighted by Gasteiger charge is -2.33. The molecule has 2 aromatic carbocycles. The van der Waals surface area contributed by atoms with Crippen LogP contribution in [0.15, 0.2) is 42.5 Å². The molecule has 0 saturated carbocycles. The Morgan fingerprint density at radius 3 is 2.38 bits per heavy atom.